The van der Waals surface area contributed by atoms with E-state index in [4.69, 9.17) is 9.05 Å². The topological polar surface area (TPSA) is 108 Å². The van der Waals surface area contributed by atoms with Gasteiger partial charge in [-0.2, -0.15) is 0 Å². The van der Waals surface area contributed by atoms with Crippen LogP contribution < -0.4 is 10.2 Å². The Hall–Kier alpha value is -3.36. The van der Waals surface area contributed by atoms with E-state index in [0.717, 1.165) is 103 Å². The number of unbranched alkanes of at least 4 members (excludes halogenated alkanes) is 38. The van der Waals surface area contributed by atoms with Gasteiger partial charge in [-0.25, -0.2) is 0 Å². The molecule has 0 heterocycles. The number of phosphoric acid groups is 1. The molecule has 0 aliphatic rings. The van der Waals surface area contributed by atoms with Crippen LogP contribution in [0.1, 0.15) is 341 Å². The third-order valence-corrected chi connectivity index (χ3v) is 18.1. The summed E-state index contributed by atoms with van der Waals surface area (Å²) in [5, 5.41) is 14.0. The Labute approximate surface area is 576 Å². The van der Waals surface area contributed by atoms with Crippen LogP contribution in [0.4, 0.5) is 0 Å². The summed E-state index contributed by atoms with van der Waals surface area (Å²) in [6.07, 6.45) is 110. The Kier molecular flexibility index (Phi) is 70.3. The van der Waals surface area contributed by atoms with Gasteiger partial charge in [0.2, 0.25) is 5.91 Å². The molecule has 536 valence electrons. The van der Waals surface area contributed by atoms with Crippen LogP contribution in [0.3, 0.4) is 0 Å². The maximum absolute atomic E-state index is 13.1. The van der Waals surface area contributed by atoms with Crippen molar-refractivity contribution < 1.29 is 32.9 Å². The number of aliphatic hydroxyl groups is 1. The number of rotatable bonds is 71. The average molecular weight is 1310 g/mol. The van der Waals surface area contributed by atoms with Crippen molar-refractivity contribution in [1.29, 1.82) is 0 Å². The molecular formula is C84H149N2O6P. The second-order valence-electron chi connectivity index (χ2n) is 27.3. The lowest BCUT2D eigenvalue weighted by Gasteiger charge is -2.29. The first-order valence-electron chi connectivity index (χ1n) is 39.0. The number of phosphoric ester groups is 1. The highest BCUT2D eigenvalue weighted by molar-refractivity contribution is 7.45. The van der Waals surface area contributed by atoms with E-state index in [0.29, 0.717) is 17.4 Å². The van der Waals surface area contributed by atoms with E-state index in [2.05, 4.69) is 141 Å². The van der Waals surface area contributed by atoms with E-state index in [1.54, 1.807) is 6.08 Å². The number of nitrogens with one attached hydrogen (secondary N) is 1. The van der Waals surface area contributed by atoms with Crippen LogP contribution in [0.25, 0.3) is 0 Å². The number of aliphatic hydroxyl groups excluding tert-OH is 1. The fraction of sp³-hybridized carbons (Fsp3) is 0.726. The third-order valence-electron chi connectivity index (χ3n) is 17.1. The molecular weight excluding hydrogens is 1160 g/mol. The lowest BCUT2D eigenvalue weighted by molar-refractivity contribution is -0.870. The summed E-state index contributed by atoms with van der Waals surface area (Å²) in [4.78, 5) is 25.7. The standard InChI is InChI=1S/C84H149N2O6P/c1-6-8-10-12-14-16-18-20-22-24-26-28-30-32-34-36-38-40-41-42-43-44-45-46-48-50-52-54-56-58-60-62-64-66-68-70-72-74-76-78-84(88)85-82(81-92-93(89,90)91-80-79-86(3,4)5)83(87)77-75-73-71-69-67-65-63-61-59-57-55-53-51-49-47-39-37-35-33-31-29-27-25-23-21-19-17-15-13-11-9-7-2/h8,10,14,16,20,22,26,28,32,34,38,40,42-43,45-46,50,52,67,69,75,77,82-83,87H,6-7,9,11-13,15,17-19,21,23-25,27,29-31,33,35-37,39,41,44,47-49,51,53-66,68,70-74,76,78-81H2,1-5H3,(H-,85,88,89,90)/b10-8-,16-14-,22-20-,28-26-,34-32-,40-38-,43-42-,46-45-,52-50-,69-67+,77-75+. The van der Waals surface area contributed by atoms with Gasteiger partial charge in [0.25, 0.3) is 7.82 Å². The Balaban J connectivity index is 4.09. The molecule has 0 aliphatic heterocycles. The van der Waals surface area contributed by atoms with Gasteiger partial charge < -0.3 is 28.8 Å². The number of hydrogen-bond acceptors (Lipinski definition) is 6. The minimum atomic E-state index is -4.62. The van der Waals surface area contributed by atoms with Gasteiger partial charge in [-0.3, -0.25) is 9.36 Å². The largest absolute Gasteiger partial charge is 0.756 e. The lowest BCUT2D eigenvalue weighted by Crippen LogP contribution is -2.45. The van der Waals surface area contributed by atoms with E-state index >= 15 is 0 Å². The molecule has 0 radical (unpaired) electrons. The Bertz CT molecular complexity index is 1990. The van der Waals surface area contributed by atoms with Gasteiger partial charge in [-0.1, -0.05) is 366 Å². The highest BCUT2D eigenvalue weighted by atomic mass is 31.2. The van der Waals surface area contributed by atoms with Crippen molar-refractivity contribution in [1.82, 2.24) is 5.32 Å². The summed E-state index contributed by atoms with van der Waals surface area (Å²) in [5.41, 5.74) is 0. The molecule has 0 aromatic heterocycles. The van der Waals surface area contributed by atoms with E-state index < -0.39 is 26.6 Å². The molecule has 0 fully saturated rings. The van der Waals surface area contributed by atoms with Gasteiger partial charge in [-0.05, 0) is 103 Å². The molecule has 0 saturated carbocycles. The Morgan fingerprint density at radius 2 is 0.667 bits per heavy atom. The molecule has 3 unspecified atom stereocenters. The second-order valence-corrected chi connectivity index (χ2v) is 28.7. The predicted molar refractivity (Wildman–Crippen MR) is 408 cm³/mol. The number of nitrogens with zero attached hydrogens (tertiary/aromatic N) is 1. The smallest absolute Gasteiger partial charge is 0.268 e. The van der Waals surface area contributed by atoms with Crippen LogP contribution >= 0.6 is 7.82 Å². The zero-order chi connectivity index (χ0) is 67.6. The zero-order valence-electron chi connectivity index (χ0n) is 61.4. The van der Waals surface area contributed by atoms with Crippen LogP contribution in [-0.2, 0) is 18.4 Å². The predicted octanol–water partition coefficient (Wildman–Crippen LogP) is 25.1. The van der Waals surface area contributed by atoms with Crippen LogP contribution in [-0.4, -0.2) is 68.5 Å². The van der Waals surface area contributed by atoms with Crippen molar-refractivity contribution in [2.75, 3.05) is 40.9 Å². The number of amides is 1. The van der Waals surface area contributed by atoms with Crippen molar-refractivity contribution >= 4 is 13.7 Å². The first-order valence-corrected chi connectivity index (χ1v) is 40.5. The number of carbonyl (C=O) groups is 1. The van der Waals surface area contributed by atoms with E-state index in [9.17, 15) is 19.4 Å². The fourth-order valence-electron chi connectivity index (χ4n) is 11.1. The SMILES string of the molecule is CC/C=C\C/C=C\C/C=C\C/C=C\C/C=C\C/C=C\C/C=C\C/C=C\C/C=C\CCCCCCCCCCCCCC(=O)NC(COP(=O)([O-])OCC[N+](C)(C)C)C(O)/C=C/CC/C=C/CCCCCCCCCCCCCCCCCCCCCCCCCCCC. The summed E-state index contributed by atoms with van der Waals surface area (Å²) in [7, 11) is 1.24. The van der Waals surface area contributed by atoms with Crippen molar-refractivity contribution in [3.63, 3.8) is 0 Å². The minimum absolute atomic E-state index is 0.0121. The minimum Gasteiger partial charge on any atom is -0.756 e. The van der Waals surface area contributed by atoms with Crippen LogP contribution in [0.15, 0.2) is 134 Å². The molecule has 2 N–H and O–H groups in total. The fourth-order valence-corrected chi connectivity index (χ4v) is 11.8. The van der Waals surface area contributed by atoms with E-state index in [1.165, 1.54) is 218 Å². The third kappa shape index (κ3) is 75.9. The van der Waals surface area contributed by atoms with E-state index in [1.807, 2.05) is 27.2 Å². The molecule has 3 atom stereocenters. The molecule has 0 bridgehead atoms. The number of quaternary nitrogens is 1. The first-order chi connectivity index (χ1) is 45.5. The maximum Gasteiger partial charge on any atom is 0.268 e. The molecule has 0 aromatic rings. The second kappa shape index (κ2) is 72.9. The Morgan fingerprint density at radius 3 is 1.00 bits per heavy atom. The monoisotopic (exact) mass is 1310 g/mol. The molecule has 0 aromatic carbocycles. The number of carbonyl (C=O) groups excluding carboxylic acids is 1. The average Bonchev–Trinajstić information content (AvgIpc) is 1.94. The summed E-state index contributed by atoms with van der Waals surface area (Å²) in [6.45, 7) is 4.54. The summed E-state index contributed by atoms with van der Waals surface area (Å²) in [5.74, 6) is -0.212. The van der Waals surface area contributed by atoms with Gasteiger partial charge in [0, 0.05) is 6.42 Å². The van der Waals surface area contributed by atoms with Crippen molar-refractivity contribution in [2.45, 2.75) is 353 Å². The normalized spacial score (nSPS) is 14.3. The number of allylic oxidation sites excluding steroid dienone is 21. The van der Waals surface area contributed by atoms with Crippen molar-refractivity contribution in [3.05, 3.63) is 134 Å². The summed E-state index contributed by atoms with van der Waals surface area (Å²) < 4.78 is 23.5. The van der Waals surface area contributed by atoms with Crippen molar-refractivity contribution in [2.24, 2.45) is 0 Å². The lowest BCUT2D eigenvalue weighted by atomic mass is 10.0. The summed E-state index contributed by atoms with van der Waals surface area (Å²) >= 11 is 0. The van der Waals surface area contributed by atoms with Gasteiger partial charge in [0.05, 0.1) is 39.9 Å². The van der Waals surface area contributed by atoms with Gasteiger partial charge in [-0.15, -0.1) is 0 Å². The zero-order valence-corrected chi connectivity index (χ0v) is 62.3. The molecule has 0 aliphatic carbocycles. The van der Waals surface area contributed by atoms with Crippen LogP contribution in [0.2, 0.25) is 0 Å². The molecule has 93 heavy (non-hydrogen) atoms. The van der Waals surface area contributed by atoms with E-state index in [-0.39, 0.29) is 12.5 Å². The molecule has 1 amide bonds. The van der Waals surface area contributed by atoms with Gasteiger partial charge in [0.15, 0.2) is 0 Å². The molecule has 8 nitrogen and oxygen atoms in total. The molecule has 9 heteroatoms. The van der Waals surface area contributed by atoms with Crippen LogP contribution in [0, 0.1) is 0 Å². The highest BCUT2D eigenvalue weighted by Crippen LogP contribution is 2.38. The number of hydrogen-bond donors (Lipinski definition) is 2. The maximum atomic E-state index is 13.1. The van der Waals surface area contributed by atoms with Gasteiger partial charge in [0.1, 0.15) is 13.2 Å². The number of likely N-dealkylation sites (N-methyl/N-ethyl adjacent to an activating group) is 1. The molecule has 0 saturated heterocycles. The Morgan fingerprint density at radius 1 is 0.387 bits per heavy atom. The van der Waals surface area contributed by atoms with Gasteiger partial charge >= 0.3 is 0 Å². The van der Waals surface area contributed by atoms with Crippen molar-refractivity contribution in [3.8, 4) is 0 Å². The van der Waals surface area contributed by atoms with Crippen LogP contribution in [0.5, 0.6) is 0 Å². The molecule has 0 rings (SSSR count). The highest BCUT2D eigenvalue weighted by Gasteiger charge is 2.23. The summed E-state index contributed by atoms with van der Waals surface area (Å²) in [6, 6.07) is -0.916. The quantitative estimate of drug-likeness (QED) is 0.0272. The first kappa shape index (κ1) is 89.6. The molecule has 0 spiro atoms.